The SMILES string of the molecule is Cc1ncn(-c2ccc(Nc3nc(Br)cn4cc(-c5ccc(F)cc5C)nc34)cc2CO)n1. The van der Waals surface area contributed by atoms with Crippen LogP contribution in [0.1, 0.15) is 17.0 Å². The van der Waals surface area contributed by atoms with E-state index >= 15 is 0 Å². The minimum Gasteiger partial charge on any atom is -0.392 e. The molecule has 0 atom stereocenters. The van der Waals surface area contributed by atoms with Gasteiger partial charge in [-0.25, -0.2) is 24.0 Å². The highest BCUT2D eigenvalue weighted by atomic mass is 79.9. The maximum Gasteiger partial charge on any atom is 0.181 e. The molecule has 8 nitrogen and oxygen atoms in total. The quantitative estimate of drug-likeness (QED) is 0.357. The van der Waals surface area contributed by atoms with Crippen LogP contribution >= 0.6 is 15.9 Å². The van der Waals surface area contributed by atoms with E-state index in [1.807, 2.05) is 41.9 Å². The molecule has 33 heavy (non-hydrogen) atoms. The molecule has 0 saturated carbocycles. The van der Waals surface area contributed by atoms with E-state index in [1.165, 1.54) is 12.1 Å². The van der Waals surface area contributed by atoms with Crippen molar-refractivity contribution in [3.63, 3.8) is 0 Å². The Hall–Kier alpha value is -3.63. The van der Waals surface area contributed by atoms with Gasteiger partial charge in [-0.2, -0.15) is 5.10 Å². The Labute approximate surface area is 196 Å². The molecule has 3 aromatic heterocycles. The van der Waals surface area contributed by atoms with Crippen LogP contribution in [0.2, 0.25) is 0 Å². The van der Waals surface area contributed by atoms with E-state index in [-0.39, 0.29) is 12.4 Å². The third-order valence-corrected chi connectivity index (χ3v) is 5.62. The lowest BCUT2D eigenvalue weighted by Crippen LogP contribution is -2.03. The fourth-order valence-corrected chi connectivity index (χ4v) is 4.11. The van der Waals surface area contributed by atoms with Crippen LogP contribution in [0.5, 0.6) is 0 Å². The standard InChI is InChI=1S/C23H19BrFN7O/c1-13-7-16(25)3-5-18(13)19-9-31-10-21(24)29-22(23(31)28-19)27-17-4-6-20(15(8-17)11-33)32-12-26-14(2)30-32/h3-10,12,33H,11H2,1-2H3,(H,27,29). The molecular weight excluding hydrogens is 489 g/mol. The van der Waals surface area contributed by atoms with E-state index in [9.17, 15) is 9.50 Å². The van der Waals surface area contributed by atoms with Crippen molar-refractivity contribution in [1.82, 2.24) is 29.1 Å². The molecule has 5 rings (SSSR count). The van der Waals surface area contributed by atoms with Gasteiger partial charge in [0.25, 0.3) is 0 Å². The normalized spacial score (nSPS) is 11.3. The summed E-state index contributed by atoms with van der Waals surface area (Å²) >= 11 is 3.45. The van der Waals surface area contributed by atoms with Crippen molar-refractivity contribution in [2.45, 2.75) is 20.5 Å². The highest BCUT2D eigenvalue weighted by molar-refractivity contribution is 9.10. The van der Waals surface area contributed by atoms with Gasteiger partial charge in [0.2, 0.25) is 0 Å². The molecule has 0 saturated heterocycles. The summed E-state index contributed by atoms with van der Waals surface area (Å²) in [5.74, 6) is 0.896. The van der Waals surface area contributed by atoms with Crippen LogP contribution in [0, 0.1) is 19.7 Å². The average molecular weight is 508 g/mol. The minimum absolute atomic E-state index is 0.164. The van der Waals surface area contributed by atoms with Crippen LogP contribution in [0.15, 0.2) is 59.7 Å². The fraction of sp³-hybridized carbons (Fsp3) is 0.130. The largest absolute Gasteiger partial charge is 0.392 e. The van der Waals surface area contributed by atoms with Crippen LogP contribution in [0.4, 0.5) is 15.9 Å². The Morgan fingerprint density at radius 1 is 1.09 bits per heavy atom. The van der Waals surface area contributed by atoms with Crippen LogP contribution in [0.25, 0.3) is 22.6 Å². The van der Waals surface area contributed by atoms with E-state index in [0.717, 1.165) is 22.5 Å². The third kappa shape index (κ3) is 4.10. The minimum atomic E-state index is -0.282. The summed E-state index contributed by atoms with van der Waals surface area (Å²) in [5, 5.41) is 17.5. The smallest absolute Gasteiger partial charge is 0.181 e. The summed E-state index contributed by atoms with van der Waals surface area (Å²) in [6, 6.07) is 10.2. The molecule has 5 aromatic rings. The zero-order valence-electron chi connectivity index (χ0n) is 17.8. The number of hydrogen-bond acceptors (Lipinski definition) is 6. The predicted octanol–water partition coefficient (Wildman–Crippen LogP) is 4.73. The van der Waals surface area contributed by atoms with Crippen LogP contribution in [-0.4, -0.2) is 34.2 Å². The molecule has 2 N–H and O–H groups in total. The van der Waals surface area contributed by atoms with Gasteiger partial charge in [-0.1, -0.05) is 0 Å². The van der Waals surface area contributed by atoms with E-state index in [2.05, 4.69) is 36.3 Å². The van der Waals surface area contributed by atoms with E-state index in [0.29, 0.717) is 33.2 Å². The molecule has 0 radical (unpaired) electrons. The Balaban J connectivity index is 1.54. The molecule has 10 heteroatoms. The van der Waals surface area contributed by atoms with Crippen LogP contribution < -0.4 is 5.32 Å². The average Bonchev–Trinajstić information content (AvgIpc) is 3.40. The van der Waals surface area contributed by atoms with Crippen molar-refractivity contribution in [3.8, 4) is 16.9 Å². The maximum absolute atomic E-state index is 13.5. The molecular formula is C23H19BrFN7O. The monoisotopic (exact) mass is 507 g/mol. The molecule has 0 bridgehead atoms. The Morgan fingerprint density at radius 2 is 1.94 bits per heavy atom. The molecule has 2 aromatic carbocycles. The number of aromatic nitrogens is 6. The first kappa shape index (κ1) is 21.2. The summed E-state index contributed by atoms with van der Waals surface area (Å²) in [6.45, 7) is 3.49. The predicted molar refractivity (Wildman–Crippen MR) is 126 cm³/mol. The second-order valence-corrected chi connectivity index (χ2v) is 8.40. The molecule has 166 valence electrons. The number of aliphatic hydroxyl groups excluding tert-OH is 1. The van der Waals surface area contributed by atoms with Gasteiger partial charge in [0, 0.05) is 29.2 Å². The summed E-state index contributed by atoms with van der Waals surface area (Å²) in [4.78, 5) is 13.4. The zero-order valence-corrected chi connectivity index (χ0v) is 19.4. The van der Waals surface area contributed by atoms with Crippen molar-refractivity contribution >= 4 is 33.1 Å². The van der Waals surface area contributed by atoms with E-state index in [4.69, 9.17) is 4.98 Å². The van der Waals surface area contributed by atoms with E-state index < -0.39 is 0 Å². The van der Waals surface area contributed by atoms with Crippen molar-refractivity contribution in [2.75, 3.05) is 5.32 Å². The van der Waals surface area contributed by atoms with Gasteiger partial charge in [-0.05, 0) is 71.7 Å². The number of anilines is 2. The molecule has 0 spiro atoms. The highest BCUT2D eigenvalue weighted by Gasteiger charge is 2.14. The molecule has 0 fully saturated rings. The van der Waals surface area contributed by atoms with Crippen molar-refractivity contribution in [3.05, 3.63) is 82.5 Å². The number of aryl methyl sites for hydroxylation is 2. The van der Waals surface area contributed by atoms with Crippen molar-refractivity contribution < 1.29 is 9.50 Å². The number of aliphatic hydroxyl groups is 1. The molecule has 3 heterocycles. The molecule has 0 aliphatic heterocycles. The number of fused-ring (bicyclic) bond motifs is 1. The van der Waals surface area contributed by atoms with Crippen LogP contribution in [0.3, 0.4) is 0 Å². The Kier molecular flexibility index (Phi) is 5.39. The summed E-state index contributed by atoms with van der Waals surface area (Å²) in [6.07, 6.45) is 5.30. The third-order valence-electron chi connectivity index (χ3n) is 5.24. The number of nitrogens with zero attached hydrogens (tertiary/aromatic N) is 6. The van der Waals surface area contributed by atoms with Gasteiger partial charge >= 0.3 is 0 Å². The number of rotatable bonds is 5. The number of imidazole rings is 1. The van der Waals surface area contributed by atoms with Gasteiger partial charge in [0.15, 0.2) is 11.5 Å². The first-order chi connectivity index (χ1) is 15.9. The summed E-state index contributed by atoms with van der Waals surface area (Å²) in [5.41, 5.74) is 5.12. The number of halogens is 2. The molecule has 0 aliphatic carbocycles. The van der Waals surface area contributed by atoms with Gasteiger partial charge < -0.3 is 14.8 Å². The highest BCUT2D eigenvalue weighted by Crippen LogP contribution is 2.29. The Bertz CT molecular complexity index is 1490. The lowest BCUT2D eigenvalue weighted by atomic mass is 10.1. The molecule has 0 unspecified atom stereocenters. The van der Waals surface area contributed by atoms with Crippen molar-refractivity contribution in [1.29, 1.82) is 0 Å². The first-order valence-electron chi connectivity index (χ1n) is 10.1. The molecule has 0 aliphatic rings. The maximum atomic E-state index is 13.5. The summed E-state index contributed by atoms with van der Waals surface area (Å²) in [7, 11) is 0. The topological polar surface area (TPSA) is 93.2 Å². The fourth-order valence-electron chi connectivity index (χ4n) is 3.71. The van der Waals surface area contributed by atoms with E-state index in [1.54, 1.807) is 24.0 Å². The second-order valence-electron chi connectivity index (χ2n) is 7.59. The lowest BCUT2D eigenvalue weighted by Gasteiger charge is -2.12. The van der Waals surface area contributed by atoms with Gasteiger partial charge in [0.05, 0.1) is 18.0 Å². The summed E-state index contributed by atoms with van der Waals surface area (Å²) < 4.78 is 17.7. The van der Waals surface area contributed by atoms with Crippen molar-refractivity contribution in [2.24, 2.45) is 0 Å². The van der Waals surface area contributed by atoms with Crippen LogP contribution in [-0.2, 0) is 6.61 Å². The number of hydrogen-bond donors (Lipinski definition) is 2. The Morgan fingerprint density at radius 3 is 2.67 bits per heavy atom. The molecule has 0 amide bonds. The number of benzene rings is 2. The van der Waals surface area contributed by atoms with Gasteiger partial charge in [-0.3, -0.25) is 0 Å². The van der Waals surface area contributed by atoms with Gasteiger partial charge in [0.1, 0.15) is 22.6 Å². The lowest BCUT2D eigenvalue weighted by molar-refractivity contribution is 0.281. The zero-order chi connectivity index (χ0) is 23.1. The number of nitrogens with one attached hydrogen (secondary N) is 1. The van der Waals surface area contributed by atoms with Gasteiger partial charge in [-0.15, -0.1) is 0 Å². The first-order valence-corrected chi connectivity index (χ1v) is 10.9. The second kappa shape index (κ2) is 8.38.